The first-order chi connectivity index (χ1) is 8.15. The number of nitrogens with zero attached hydrogens (tertiary/aromatic N) is 1. The normalized spacial score (nSPS) is 10.6. The van der Waals surface area contributed by atoms with Crippen LogP contribution < -0.4 is 5.32 Å². The predicted molar refractivity (Wildman–Crippen MR) is 73.3 cm³/mol. The van der Waals surface area contributed by atoms with Crippen LogP contribution in [0, 0.1) is 0 Å². The molecular weight excluding hydrogens is 282 g/mol. The van der Waals surface area contributed by atoms with E-state index >= 15 is 0 Å². The van der Waals surface area contributed by atoms with E-state index < -0.39 is 0 Å². The van der Waals surface area contributed by atoms with E-state index in [9.17, 15) is 0 Å². The van der Waals surface area contributed by atoms with Gasteiger partial charge in [0, 0.05) is 13.2 Å². The number of aliphatic hydroxyl groups is 1. The smallest absolute Gasteiger partial charge is 0.150 e. The van der Waals surface area contributed by atoms with Crippen molar-refractivity contribution in [3.63, 3.8) is 0 Å². The average Bonchev–Trinajstić information content (AvgIpc) is 2.30. The zero-order valence-electron chi connectivity index (χ0n) is 9.35. The fourth-order valence-corrected chi connectivity index (χ4v) is 1.93. The van der Waals surface area contributed by atoms with Crippen molar-refractivity contribution in [3.8, 4) is 0 Å². The van der Waals surface area contributed by atoms with Crippen LogP contribution >= 0.6 is 34.8 Å². The number of aliphatic hydroxyl groups excluding tert-OH is 1. The zero-order chi connectivity index (χ0) is 12.7. The van der Waals surface area contributed by atoms with Crippen LogP contribution in [0.5, 0.6) is 0 Å². The lowest BCUT2D eigenvalue weighted by Crippen LogP contribution is -2.04. The molecule has 96 valence electrons. The molecule has 0 saturated carbocycles. The Morgan fingerprint density at radius 3 is 2.47 bits per heavy atom. The Kier molecular flexibility index (Phi) is 6.97. The predicted octanol–water partition coefficient (Wildman–Crippen LogP) is 4.01. The summed E-state index contributed by atoms with van der Waals surface area (Å²) in [5.74, 6) is 0.559. The molecule has 0 aromatic carbocycles. The number of rotatable bonds is 7. The monoisotopic (exact) mass is 296 g/mol. The molecule has 0 saturated heterocycles. The summed E-state index contributed by atoms with van der Waals surface area (Å²) >= 11 is 17.5. The van der Waals surface area contributed by atoms with Crippen LogP contribution in [0.15, 0.2) is 6.07 Å². The molecule has 1 aromatic rings. The first kappa shape index (κ1) is 14.8. The number of anilines is 1. The van der Waals surface area contributed by atoms with Crippen LogP contribution in [0.1, 0.15) is 25.7 Å². The van der Waals surface area contributed by atoms with Gasteiger partial charge in [0.2, 0.25) is 0 Å². The van der Waals surface area contributed by atoms with Crippen molar-refractivity contribution < 1.29 is 5.11 Å². The van der Waals surface area contributed by atoms with Gasteiger partial charge in [0.25, 0.3) is 0 Å². The van der Waals surface area contributed by atoms with E-state index in [1.165, 1.54) is 0 Å². The molecule has 0 spiro atoms. The van der Waals surface area contributed by atoms with Crippen LogP contribution in [0.3, 0.4) is 0 Å². The molecule has 0 unspecified atom stereocenters. The summed E-state index contributed by atoms with van der Waals surface area (Å²) in [5, 5.41) is 12.8. The molecule has 0 aliphatic heterocycles. The van der Waals surface area contributed by atoms with Gasteiger partial charge in [-0.1, -0.05) is 47.6 Å². The summed E-state index contributed by atoms with van der Waals surface area (Å²) in [7, 11) is 0. The number of aromatic nitrogens is 1. The second kappa shape index (κ2) is 7.98. The van der Waals surface area contributed by atoms with Crippen molar-refractivity contribution in [2.75, 3.05) is 18.5 Å². The largest absolute Gasteiger partial charge is 0.396 e. The number of hydrogen-bond acceptors (Lipinski definition) is 3. The van der Waals surface area contributed by atoms with Crippen LogP contribution in [-0.4, -0.2) is 23.2 Å². The van der Waals surface area contributed by atoms with Crippen molar-refractivity contribution in [2.24, 2.45) is 0 Å². The lowest BCUT2D eigenvalue weighted by molar-refractivity contribution is 0.283. The Balaban J connectivity index is 2.34. The minimum absolute atomic E-state index is 0.249. The second-order valence-electron chi connectivity index (χ2n) is 3.66. The van der Waals surface area contributed by atoms with E-state index in [2.05, 4.69) is 10.3 Å². The molecule has 1 aromatic heterocycles. The number of unbranched alkanes of at least 4 members (excludes halogenated alkanes) is 3. The maximum atomic E-state index is 8.62. The lowest BCUT2D eigenvalue weighted by atomic mass is 10.2. The van der Waals surface area contributed by atoms with Gasteiger partial charge in [-0.25, -0.2) is 4.98 Å². The zero-order valence-corrected chi connectivity index (χ0v) is 11.6. The Morgan fingerprint density at radius 1 is 1.06 bits per heavy atom. The van der Waals surface area contributed by atoms with Gasteiger partial charge >= 0.3 is 0 Å². The molecule has 0 aliphatic rings. The lowest BCUT2D eigenvalue weighted by Gasteiger charge is -2.08. The highest BCUT2D eigenvalue weighted by Gasteiger charge is 2.06. The van der Waals surface area contributed by atoms with Crippen LogP contribution in [0.4, 0.5) is 5.82 Å². The summed E-state index contributed by atoms with van der Waals surface area (Å²) < 4.78 is 0. The maximum absolute atomic E-state index is 8.62. The minimum Gasteiger partial charge on any atom is -0.396 e. The Labute approximate surface area is 116 Å². The average molecular weight is 298 g/mol. The Hall–Kier alpha value is -0.220. The van der Waals surface area contributed by atoms with Crippen LogP contribution in [0.2, 0.25) is 15.2 Å². The molecule has 2 N–H and O–H groups in total. The minimum atomic E-state index is 0.249. The van der Waals surface area contributed by atoms with Gasteiger partial charge in [0.15, 0.2) is 0 Å². The Morgan fingerprint density at radius 2 is 1.76 bits per heavy atom. The summed E-state index contributed by atoms with van der Waals surface area (Å²) in [6.07, 6.45) is 3.94. The first-order valence-electron chi connectivity index (χ1n) is 5.51. The van der Waals surface area contributed by atoms with E-state index in [-0.39, 0.29) is 11.8 Å². The highest BCUT2D eigenvalue weighted by atomic mass is 35.5. The molecule has 3 nitrogen and oxygen atoms in total. The molecule has 6 heteroatoms. The quantitative estimate of drug-likeness (QED) is 0.590. The third-order valence-corrected chi connectivity index (χ3v) is 3.23. The standard InChI is InChI=1S/C11H15Cl3N2O/c12-8-7-9(13)11(16-10(8)14)15-5-3-1-2-4-6-17/h7,17H,1-6H2,(H,15,16). The molecule has 1 heterocycles. The van der Waals surface area contributed by atoms with Crippen molar-refractivity contribution in [1.82, 2.24) is 4.98 Å². The third kappa shape index (κ3) is 5.30. The van der Waals surface area contributed by atoms with Crippen LogP contribution in [-0.2, 0) is 0 Å². The topological polar surface area (TPSA) is 45.1 Å². The Bertz CT molecular complexity index is 361. The molecule has 0 aliphatic carbocycles. The van der Waals surface area contributed by atoms with E-state index in [1.807, 2.05) is 0 Å². The summed E-state index contributed by atoms with van der Waals surface area (Å²) in [6, 6.07) is 1.58. The second-order valence-corrected chi connectivity index (χ2v) is 4.83. The van der Waals surface area contributed by atoms with Crippen LogP contribution in [0.25, 0.3) is 0 Å². The van der Waals surface area contributed by atoms with Crippen molar-refractivity contribution in [3.05, 3.63) is 21.3 Å². The highest BCUT2D eigenvalue weighted by Crippen LogP contribution is 2.28. The maximum Gasteiger partial charge on any atom is 0.150 e. The summed E-state index contributed by atoms with van der Waals surface area (Å²) in [5.41, 5.74) is 0. The summed E-state index contributed by atoms with van der Waals surface area (Å²) in [6.45, 7) is 1.03. The number of halogens is 3. The van der Waals surface area contributed by atoms with E-state index in [4.69, 9.17) is 39.9 Å². The fraction of sp³-hybridized carbons (Fsp3) is 0.545. The number of hydrogen-bond donors (Lipinski definition) is 2. The number of pyridine rings is 1. The molecule has 17 heavy (non-hydrogen) atoms. The molecule has 0 radical (unpaired) electrons. The van der Waals surface area contributed by atoms with Crippen molar-refractivity contribution in [2.45, 2.75) is 25.7 Å². The first-order valence-corrected chi connectivity index (χ1v) is 6.65. The van der Waals surface area contributed by atoms with E-state index in [1.54, 1.807) is 6.07 Å². The number of nitrogens with one attached hydrogen (secondary N) is 1. The van der Waals surface area contributed by atoms with Gasteiger partial charge in [-0.05, 0) is 18.9 Å². The third-order valence-electron chi connectivity index (χ3n) is 2.26. The van der Waals surface area contributed by atoms with Gasteiger partial charge in [-0.15, -0.1) is 0 Å². The molecule has 0 bridgehead atoms. The van der Waals surface area contributed by atoms with Gasteiger partial charge in [0.1, 0.15) is 11.0 Å². The molecule has 0 fully saturated rings. The SMILES string of the molecule is OCCCCCCNc1nc(Cl)c(Cl)cc1Cl. The van der Waals surface area contributed by atoms with Gasteiger partial charge in [-0.3, -0.25) is 0 Å². The molecule has 0 atom stereocenters. The van der Waals surface area contributed by atoms with Crippen molar-refractivity contribution >= 4 is 40.6 Å². The fourth-order valence-electron chi connectivity index (χ4n) is 1.37. The summed E-state index contributed by atoms with van der Waals surface area (Å²) in [4.78, 5) is 4.06. The van der Waals surface area contributed by atoms with Crippen molar-refractivity contribution in [1.29, 1.82) is 0 Å². The van der Waals surface area contributed by atoms with Gasteiger partial charge in [-0.2, -0.15) is 0 Å². The molecule has 1 rings (SSSR count). The van der Waals surface area contributed by atoms with Gasteiger partial charge in [0.05, 0.1) is 10.0 Å². The van der Waals surface area contributed by atoms with E-state index in [0.29, 0.717) is 15.9 Å². The van der Waals surface area contributed by atoms with Gasteiger partial charge < -0.3 is 10.4 Å². The van der Waals surface area contributed by atoms with E-state index in [0.717, 1.165) is 32.2 Å². The molecular formula is C11H15Cl3N2O. The molecule has 0 amide bonds. The highest BCUT2D eigenvalue weighted by molar-refractivity contribution is 6.42.